The van der Waals surface area contributed by atoms with E-state index in [1.54, 1.807) is 7.11 Å². The molecule has 0 N–H and O–H groups in total. The summed E-state index contributed by atoms with van der Waals surface area (Å²) in [5.74, 6) is 1.96. The van der Waals surface area contributed by atoms with Crippen LogP contribution in [0.5, 0.6) is 5.75 Å². The normalized spacial score (nSPS) is 25.6. The van der Waals surface area contributed by atoms with Gasteiger partial charge in [0, 0.05) is 11.8 Å². The molecule has 0 saturated heterocycles. The van der Waals surface area contributed by atoms with Crippen LogP contribution in [0.4, 0.5) is 0 Å². The number of ether oxygens (including phenoxy) is 1. The Hall–Kier alpha value is -2.03. The SMILES string of the molecule is COc1cc(C)c2c(c1)C1(C)CCCC3=C(C)C=C(C2)C1=NO3. The standard InChI is InChI=1S/C20H23NO2/c1-12-9-15(22-4)11-17-16(12)10-14-8-13(2)18-6-5-7-20(17,3)19(14)21-23-18/h8-9,11H,5-7,10H2,1-4H3. The van der Waals surface area contributed by atoms with Crippen LogP contribution in [0.25, 0.3) is 0 Å². The molecule has 1 unspecified atom stereocenters. The van der Waals surface area contributed by atoms with Gasteiger partial charge in [-0.2, -0.15) is 0 Å². The maximum Gasteiger partial charge on any atom is 0.137 e. The first-order valence-electron chi connectivity index (χ1n) is 8.37. The predicted molar refractivity (Wildman–Crippen MR) is 91.9 cm³/mol. The largest absolute Gasteiger partial charge is 0.497 e. The Kier molecular flexibility index (Phi) is 3.15. The van der Waals surface area contributed by atoms with Gasteiger partial charge >= 0.3 is 0 Å². The lowest BCUT2D eigenvalue weighted by Crippen LogP contribution is -2.40. The molecule has 4 rings (SSSR count). The van der Waals surface area contributed by atoms with Crippen molar-refractivity contribution in [2.45, 2.75) is 51.9 Å². The van der Waals surface area contributed by atoms with Gasteiger partial charge in [0.25, 0.3) is 0 Å². The summed E-state index contributed by atoms with van der Waals surface area (Å²) in [5.41, 5.74) is 7.62. The van der Waals surface area contributed by atoms with Crippen LogP contribution in [0.1, 0.15) is 49.8 Å². The smallest absolute Gasteiger partial charge is 0.137 e. The third-order valence-corrected chi connectivity index (χ3v) is 5.63. The highest BCUT2D eigenvalue weighted by atomic mass is 16.6. The van der Waals surface area contributed by atoms with Crippen LogP contribution in [0.3, 0.4) is 0 Å². The first kappa shape index (κ1) is 14.6. The van der Waals surface area contributed by atoms with Crippen molar-refractivity contribution in [2.24, 2.45) is 5.16 Å². The first-order chi connectivity index (χ1) is 11.0. The maximum atomic E-state index is 5.81. The lowest BCUT2D eigenvalue weighted by atomic mass is 9.64. The number of fused-ring (bicyclic) bond motifs is 4. The van der Waals surface area contributed by atoms with Crippen molar-refractivity contribution in [3.05, 3.63) is 51.8 Å². The Morgan fingerprint density at radius 1 is 1.26 bits per heavy atom. The molecular weight excluding hydrogens is 286 g/mol. The van der Waals surface area contributed by atoms with Gasteiger partial charge < -0.3 is 9.57 Å². The number of nitrogens with zero attached hydrogens (tertiary/aromatic N) is 1. The zero-order valence-electron chi connectivity index (χ0n) is 14.3. The molecule has 2 heterocycles. The second-order valence-corrected chi connectivity index (χ2v) is 7.14. The van der Waals surface area contributed by atoms with Crippen LogP contribution in [0, 0.1) is 6.92 Å². The fourth-order valence-electron chi connectivity index (χ4n) is 4.28. The summed E-state index contributed by atoms with van der Waals surface area (Å²) < 4.78 is 5.53. The van der Waals surface area contributed by atoms with E-state index in [2.05, 4.69) is 44.1 Å². The van der Waals surface area contributed by atoms with Crippen molar-refractivity contribution >= 4 is 5.71 Å². The molecule has 1 aromatic carbocycles. The zero-order chi connectivity index (χ0) is 16.2. The van der Waals surface area contributed by atoms with Crippen molar-refractivity contribution in [1.29, 1.82) is 0 Å². The second kappa shape index (κ2) is 4.98. The molecule has 0 amide bonds. The van der Waals surface area contributed by atoms with Crippen LogP contribution < -0.4 is 4.74 Å². The van der Waals surface area contributed by atoms with E-state index < -0.39 is 0 Å². The third kappa shape index (κ3) is 2.06. The van der Waals surface area contributed by atoms with E-state index in [9.17, 15) is 0 Å². The third-order valence-electron chi connectivity index (χ3n) is 5.63. The van der Waals surface area contributed by atoms with Gasteiger partial charge in [-0.15, -0.1) is 0 Å². The molecule has 120 valence electrons. The lowest BCUT2D eigenvalue weighted by Gasteiger charge is -2.39. The van der Waals surface area contributed by atoms with E-state index in [0.717, 1.165) is 42.9 Å². The summed E-state index contributed by atoms with van der Waals surface area (Å²) in [6.07, 6.45) is 6.37. The molecule has 2 aliphatic heterocycles. The average Bonchev–Trinajstić information content (AvgIpc) is 2.64. The average molecular weight is 309 g/mol. The van der Waals surface area contributed by atoms with Crippen LogP contribution in [0.15, 0.2) is 40.3 Å². The number of allylic oxidation sites excluding steroid dienone is 4. The number of hydrogen-bond donors (Lipinski definition) is 0. The first-order valence-corrected chi connectivity index (χ1v) is 8.37. The highest BCUT2D eigenvalue weighted by Gasteiger charge is 2.43. The van der Waals surface area contributed by atoms with E-state index >= 15 is 0 Å². The van der Waals surface area contributed by atoms with Gasteiger partial charge in [-0.25, -0.2) is 0 Å². The van der Waals surface area contributed by atoms with E-state index in [4.69, 9.17) is 9.57 Å². The number of oxime groups is 1. The van der Waals surface area contributed by atoms with Crippen molar-refractivity contribution in [3.63, 3.8) is 0 Å². The monoisotopic (exact) mass is 309 g/mol. The molecule has 0 saturated carbocycles. The minimum atomic E-state index is -0.102. The summed E-state index contributed by atoms with van der Waals surface area (Å²) in [7, 11) is 1.74. The number of aryl methyl sites for hydroxylation is 1. The molecule has 0 spiro atoms. The molecule has 0 aromatic heterocycles. The molecule has 3 aliphatic rings. The molecule has 0 fully saturated rings. The Morgan fingerprint density at radius 2 is 2.09 bits per heavy atom. The summed E-state index contributed by atoms with van der Waals surface area (Å²) >= 11 is 0. The van der Waals surface area contributed by atoms with Gasteiger partial charge in [0.05, 0.1) is 12.8 Å². The molecule has 23 heavy (non-hydrogen) atoms. The number of methoxy groups -OCH3 is 1. The molecule has 3 heteroatoms. The maximum absolute atomic E-state index is 5.81. The van der Waals surface area contributed by atoms with Gasteiger partial charge in [0.1, 0.15) is 11.5 Å². The topological polar surface area (TPSA) is 30.8 Å². The Bertz CT molecular complexity index is 785. The zero-order valence-corrected chi connectivity index (χ0v) is 14.3. The minimum Gasteiger partial charge on any atom is -0.497 e. The van der Waals surface area contributed by atoms with Gasteiger partial charge in [-0.05, 0) is 80.0 Å². The van der Waals surface area contributed by atoms with E-state index in [-0.39, 0.29) is 5.41 Å². The number of hydrogen-bond acceptors (Lipinski definition) is 3. The number of benzene rings is 1. The quantitative estimate of drug-likeness (QED) is 0.760. The van der Waals surface area contributed by atoms with Crippen molar-refractivity contribution in [2.75, 3.05) is 7.11 Å². The van der Waals surface area contributed by atoms with E-state index in [0.29, 0.717) is 0 Å². The van der Waals surface area contributed by atoms with Gasteiger partial charge in [0.2, 0.25) is 0 Å². The predicted octanol–water partition coefficient (Wildman–Crippen LogP) is 4.59. The Morgan fingerprint density at radius 3 is 2.87 bits per heavy atom. The van der Waals surface area contributed by atoms with E-state index in [1.165, 1.54) is 27.8 Å². The minimum absolute atomic E-state index is 0.102. The van der Waals surface area contributed by atoms with Crippen LogP contribution in [0.2, 0.25) is 0 Å². The lowest BCUT2D eigenvalue weighted by molar-refractivity contribution is 0.201. The molecule has 2 bridgehead atoms. The summed E-state index contributed by atoms with van der Waals surface area (Å²) in [6.45, 7) is 6.64. The molecule has 1 atom stereocenters. The number of rotatable bonds is 1. The Balaban J connectivity index is 2.01. The molecule has 1 aliphatic carbocycles. The van der Waals surface area contributed by atoms with Crippen LogP contribution >= 0.6 is 0 Å². The van der Waals surface area contributed by atoms with Crippen LogP contribution in [-0.4, -0.2) is 12.8 Å². The fourth-order valence-corrected chi connectivity index (χ4v) is 4.28. The summed E-state index contributed by atoms with van der Waals surface area (Å²) in [6, 6.07) is 4.35. The Labute approximate surface area is 137 Å². The molecule has 3 nitrogen and oxygen atoms in total. The van der Waals surface area contributed by atoms with Crippen LogP contribution in [-0.2, 0) is 16.7 Å². The molecule has 1 aromatic rings. The second-order valence-electron chi connectivity index (χ2n) is 7.14. The highest BCUT2D eigenvalue weighted by Crippen LogP contribution is 2.46. The van der Waals surface area contributed by atoms with E-state index in [1.807, 2.05) is 0 Å². The van der Waals surface area contributed by atoms with Crippen molar-refractivity contribution in [3.8, 4) is 5.75 Å². The summed E-state index contributed by atoms with van der Waals surface area (Å²) in [5, 5.41) is 4.59. The summed E-state index contributed by atoms with van der Waals surface area (Å²) in [4.78, 5) is 5.81. The highest BCUT2D eigenvalue weighted by molar-refractivity contribution is 6.10. The van der Waals surface area contributed by atoms with Gasteiger partial charge in [0.15, 0.2) is 0 Å². The van der Waals surface area contributed by atoms with Gasteiger partial charge in [-0.1, -0.05) is 11.2 Å². The molecule has 0 radical (unpaired) electrons. The molecular formula is C20H23NO2. The van der Waals surface area contributed by atoms with Gasteiger partial charge in [-0.3, -0.25) is 0 Å². The van der Waals surface area contributed by atoms with Crippen molar-refractivity contribution in [1.82, 2.24) is 0 Å². The fraction of sp³-hybridized carbons (Fsp3) is 0.450. The van der Waals surface area contributed by atoms with Crippen molar-refractivity contribution < 1.29 is 9.57 Å².